The molecule has 176 valence electrons. The lowest BCUT2D eigenvalue weighted by molar-refractivity contribution is -0.139. The van der Waals surface area contributed by atoms with Gasteiger partial charge in [0.25, 0.3) is 11.7 Å². The summed E-state index contributed by atoms with van der Waals surface area (Å²) in [5.74, 6) is -0.790. The van der Waals surface area contributed by atoms with Crippen molar-refractivity contribution < 1.29 is 24.5 Å². The van der Waals surface area contributed by atoms with Crippen molar-refractivity contribution in [1.82, 2.24) is 9.80 Å². The summed E-state index contributed by atoms with van der Waals surface area (Å²) >= 11 is 0. The number of phenolic OH excluding ortho intramolecular Hbond substituents is 1. The first-order valence-electron chi connectivity index (χ1n) is 11.1. The Hall–Kier alpha value is -3.32. The Balaban J connectivity index is 2.07. The molecule has 7 heteroatoms. The maximum Gasteiger partial charge on any atom is 0.295 e. The molecule has 7 nitrogen and oxygen atoms in total. The summed E-state index contributed by atoms with van der Waals surface area (Å²) in [4.78, 5) is 29.6. The number of aromatic hydroxyl groups is 1. The Morgan fingerprint density at radius 2 is 1.79 bits per heavy atom. The second kappa shape index (κ2) is 10.1. The van der Waals surface area contributed by atoms with Crippen molar-refractivity contribution >= 4 is 17.4 Å². The number of ether oxygens (including phenoxy) is 1. The van der Waals surface area contributed by atoms with Crippen LogP contribution in [0.15, 0.2) is 48.0 Å². The molecule has 1 saturated heterocycles. The zero-order chi connectivity index (χ0) is 24.3. The molecular formula is C26H32N2O5. The number of aliphatic hydroxyl groups excluding tert-OH is 1. The zero-order valence-electron chi connectivity index (χ0n) is 19.8. The summed E-state index contributed by atoms with van der Waals surface area (Å²) in [6.45, 7) is 6.85. The Kier molecular flexibility index (Phi) is 7.43. The second-order valence-corrected chi connectivity index (χ2v) is 8.89. The van der Waals surface area contributed by atoms with Gasteiger partial charge in [-0.15, -0.1) is 0 Å². The second-order valence-electron chi connectivity index (χ2n) is 8.89. The third-order valence-corrected chi connectivity index (χ3v) is 5.56. The van der Waals surface area contributed by atoms with Gasteiger partial charge in [0.05, 0.1) is 17.7 Å². The van der Waals surface area contributed by atoms with Crippen LogP contribution in [0.3, 0.4) is 0 Å². The summed E-state index contributed by atoms with van der Waals surface area (Å²) in [7, 11) is 3.89. The van der Waals surface area contributed by atoms with Crippen molar-refractivity contribution in [1.29, 1.82) is 0 Å². The molecule has 0 spiro atoms. The van der Waals surface area contributed by atoms with E-state index in [0.717, 1.165) is 12.1 Å². The van der Waals surface area contributed by atoms with Gasteiger partial charge in [-0.25, -0.2) is 0 Å². The molecule has 2 aromatic carbocycles. The predicted molar refractivity (Wildman–Crippen MR) is 127 cm³/mol. The van der Waals surface area contributed by atoms with Crippen LogP contribution in [0.2, 0.25) is 0 Å². The van der Waals surface area contributed by atoms with Crippen molar-refractivity contribution in [3.63, 3.8) is 0 Å². The van der Waals surface area contributed by atoms with E-state index < -0.39 is 17.7 Å². The van der Waals surface area contributed by atoms with Crippen LogP contribution in [0, 0.1) is 6.92 Å². The minimum Gasteiger partial charge on any atom is -0.508 e. The normalized spacial score (nSPS) is 17.9. The lowest BCUT2D eigenvalue weighted by atomic mass is 9.94. The number of nitrogens with zero attached hydrogens (tertiary/aromatic N) is 2. The number of benzene rings is 2. The highest BCUT2D eigenvalue weighted by atomic mass is 16.5. The maximum absolute atomic E-state index is 13.1. The van der Waals surface area contributed by atoms with E-state index in [1.165, 1.54) is 17.0 Å². The van der Waals surface area contributed by atoms with Crippen LogP contribution in [0.1, 0.15) is 43.0 Å². The Morgan fingerprint density at radius 3 is 2.36 bits per heavy atom. The van der Waals surface area contributed by atoms with Gasteiger partial charge in [0.2, 0.25) is 0 Å². The fraction of sp³-hybridized carbons (Fsp3) is 0.385. The molecule has 0 bridgehead atoms. The third-order valence-electron chi connectivity index (χ3n) is 5.56. The molecule has 0 saturated carbocycles. The van der Waals surface area contributed by atoms with E-state index in [1.54, 1.807) is 30.3 Å². The maximum atomic E-state index is 13.1. The van der Waals surface area contributed by atoms with Gasteiger partial charge in [0, 0.05) is 12.1 Å². The van der Waals surface area contributed by atoms with Crippen LogP contribution in [0.5, 0.6) is 11.5 Å². The molecule has 1 aliphatic rings. The Bertz CT molecular complexity index is 1060. The molecule has 33 heavy (non-hydrogen) atoms. The smallest absolute Gasteiger partial charge is 0.295 e. The molecule has 0 aliphatic carbocycles. The molecule has 0 radical (unpaired) electrons. The standard InChI is InChI=1S/C26H32N2O5/c1-16(2)33-21-12-9-19(15-17(21)3)24(30)22-23(18-7-10-20(29)11-8-18)28(26(32)25(22)31)14-6-13-27(4)5/h7-12,15-16,23,29-30H,6,13-14H2,1-5H3/b24-22-. The largest absolute Gasteiger partial charge is 0.508 e. The van der Waals surface area contributed by atoms with Gasteiger partial charge in [-0.2, -0.15) is 0 Å². The molecule has 2 N–H and O–H groups in total. The number of carbonyl (C=O) groups is 2. The first-order chi connectivity index (χ1) is 15.6. The highest BCUT2D eigenvalue weighted by Gasteiger charge is 2.45. The fourth-order valence-electron chi connectivity index (χ4n) is 4.01. The average Bonchev–Trinajstić information content (AvgIpc) is 2.99. The number of ketones is 1. The van der Waals surface area contributed by atoms with E-state index in [2.05, 4.69) is 0 Å². The number of phenols is 1. The van der Waals surface area contributed by atoms with Gasteiger partial charge in [-0.3, -0.25) is 9.59 Å². The molecule has 1 fully saturated rings. The number of Topliss-reactive ketones (excluding diaryl/α,β-unsaturated/α-hetero) is 1. The van der Waals surface area contributed by atoms with Crippen molar-refractivity contribution in [2.24, 2.45) is 0 Å². The van der Waals surface area contributed by atoms with Crippen LogP contribution in [0.25, 0.3) is 5.76 Å². The van der Waals surface area contributed by atoms with Crippen LogP contribution >= 0.6 is 0 Å². The summed E-state index contributed by atoms with van der Waals surface area (Å²) in [6, 6.07) is 10.8. The van der Waals surface area contributed by atoms with Crippen molar-refractivity contribution in [3.05, 3.63) is 64.7 Å². The highest BCUT2D eigenvalue weighted by Crippen LogP contribution is 2.40. The first-order valence-corrected chi connectivity index (χ1v) is 11.1. The third kappa shape index (κ3) is 5.37. The van der Waals surface area contributed by atoms with Crippen LogP contribution in [-0.4, -0.2) is 65.0 Å². The number of aryl methyl sites for hydroxylation is 1. The van der Waals surface area contributed by atoms with E-state index in [0.29, 0.717) is 29.8 Å². The molecule has 1 amide bonds. The minimum absolute atomic E-state index is 0.00475. The van der Waals surface area contributed by atoms with E-state index in [4.69, 9.17) is 4.74 Å². The number of rotatable bonds is 8. The highest BCUT2D eigenvalue weighted by molar-refractivity contribution is 6.46. The number of hydrogen-bond donors (Lipinski definition) is 2. The average molecular weight is 453 g/mol. The molecule has 1 aliphatic heterocycles. The lowest BCUT2D eigenvalue weighted by Crippen LogP contribution is -2.32. The van der Waals surface area contributed by atoms with Crippen LogP contribution in [-0.2, 0) is 9.59 Å². The van der Waals surface area contributed by atoms with Gasteiger partial charge in [0.15, 0.2) is 0 Å². The fourth-order valence-corrected chi connectivity index (χ4v) is 4.01. The summed E-state index contributed by atoms with van der Waals surface area (Å²) < 4.78 is 5.77. The van der Waals surface area contributed by atoms with E-state index in [1.807, 2.05) is 39.8 Å². The molecule has 1 heterocycles. The van der Waals surface area contributed by atoms with Crippen molar-refractivity contribution in [2.75, 3.05) is 27.2 Å². The molecule has 0 aromatic heterocycles. The number of aliphatic hydroxyl groups is 1. The number of carbonyl (C=O) groups excluding carboxylic acids is 2. The molecular weight excluding hydrogens is 420 g/mol. The van der Waals surface area contributed by atoms with E-state index >= 15 is 0 Å². The number of hydrogen-bond acceptors (Lipinski definition) is 6. The van der Waals surface area contributed by atoms with Gasteiger partial charge in [-0.1, -0.05) is 12.1 Å². The van der Waals surface area contributed by atoms with Gasteiger partial charge >= 0.3 is 0 Å². The number of likely N-dealkylation sites (tertiary alicyclic amines) is 1. The summed E-state index contributed by atoms with van der Waals surface area (Å²) in [5, 5.41) is 20.9. The van der Waals surface area contributed by atoms with Gasteiger partial charge in [-0.05, 0) is 89.3 Å². The van der Waals surface area contributed by atoms with E-state index in [-0.39, 0.29) is 23.2 Å². The first kappa shape index (κ1) is 24.3. The van der Waals surface area contributed by atoms with Gasteiger partial charge < -0.3 is 24.7 Å². The lowest BCUT2D eigenvalue weighted by Gasteiger charge is -2.26. The topological polar surface area (TPSA) is 90.3 Å². The van der Waals surface area contributed by atoms with Crippen molar-refractivity contribution in [2.45, 2.75) is 39.3 Å². The monoisotopic (exact) mass is 452 g/mol. The molecule has 3 rings (SSSR count). The quantitative estimate of drug-likeness (QED) is 0.359. The molecule has 1 atom stereocenters. The van der Waals surface area contributed by atoms with Gasteiger partial charge in [0.1, 0.15) is 17.3 Å². The Labute approximate surface area is 194 Å². The zero-order valence-corrected chi connectivity index (χ0v) is 19.8. The van der Waals surface area contributed by atoms with Crippen LogP contribution in [0.4, 0.5) is 0 Å². The Morgan fingerprint density at radius 1 is 1.12 bits per heavy atom. The summed E-state index contributed by atoms with van der Waals surface area (Å²) in [6.07, 6.45) is 0.680. The predicted octanol–water partition coefficient (Wildman–Crippen LogP) is 3.86. The number of amides is 1. The SMILES string of the molecule is Cc1cc(/C(O)=C2/C(=O)C(=O)N(CCCN(C)C)C2c2ccc(O)cc2)ccc1OC(C)C. The summed E-state index contributed by atoms with van der Waals surface area (Å²) in [5.41, 5.74) is 1.95. The molecule has 1 unspecified atom stereocenters. The van der Waals surface area contributed by atoms with Crippen molar-refractivity contribution in [3.8, 4) is 11.5 Å². The molecule has 2 aromatic rings. The van der Waals surface area contributed by atoms with E-state index in [9.17, 15) is 19.8 Å². The van der Waals surface area contributed by atoms with Crippen LogP contribution < -0.4 is 4.74 Å². The minimum atomic E-state index is -0.736.